The Morgan fingerprint density at radius 2 is 1.79 bits per heavy atom. The van der Waals surface area contributed by atoms with Crippen LogP contribution < -0.4 is 15.5 Å². The van der Waals surface area contributed by atoms with Crippen LogP contribution in [0.5, 0.6) is 5.75 Å². The summed E-state index contributed by atoms with van der Waals surface area (Å²) in [5.41, 5.74) is 3.26. The van der Waals surface area contributed by atoms with Crippen LogP contribution in [-0.4, -0.2) is 24.6 Å². The minimum atomic E-state index is -0.522. The SMILES string of the molecule is CCCCOc1ccc(C=NNC(=O)CCC(=O)Nc2ccccc2F)cc1. The smallest absolute Gasteiger partial charge is 0.240 e. The minimum absolute atomic E-state index is 0.0537. The van der Waals surface area contributed by atoms with Gasteiger partial charge in [-0.05, 0) is 48.4 Å². The number of anilines is 1. The molecule has 2 aromatic rings. The molecule has 0 unspecified atom stereocenters. The zero-order chi connectivity index (χ0) is 20.2. The van der Waals surface area contributed by atoms with Crippen molar-refractivity contribution < 1.29 is 18.7 Å². The molecule has 0 aromatic heterocycles. The topological polar surface area (TPSA) is 79.8 Å². The van der Waals surface area contributed by atoms with E-state index < -0.39 is 17.6 Å². The maximum absolute atomic E-state index is 13.5. The first-order valence-electron chi connectivity index (χ1n) is 9.17. The van der Waals surface area contributed by atoms with Crippen LogP contribution in [0.3, 0.4) is 0 Å². The molecule has 2 aromatic carbocycles. The molecule has 2 rings (SSSR count). The number of ether oxygens (including phenoxy) is 1. The summed E-state index contributed by atoms with van der Waals surface area (Å²) in [5.74, 6) is -0.579. The molecule has 0 bridgehead atoms. The molecule has 28 heavy (non-hydrogen) atoms. The van der Waals surface area contributed by atoms with Gasteiger partial charge in [-0.3, -0.25) is 9.59 Å². The third-order valence-corrected chi connectivity index (χ3v) is 3.78. The fraction of sp³-hybridized carbons (Fsp3) is 0.286. The van der Waals surface area contributed by atoms with E-state index in [1.807, 2.05) is 24.3 Å². The highest BCUT2D eigenvalue weighted by Crippen LogP contribution is 2.13. The summed E-state index contributed by atoms with van der Waals surface area (Å²) >= 11 is 0. The second kappa shape index (κ2) is 11.5. The van der Waals surface area contributed by atoms with Gasteiger partial charge in [0.05, 0.1) is 18.5 Å². The second-order valence-electron chi connectivity index (χ2n) is 6.09. The van der Waals surface area contributed by atoms with Crippen molar-refractivity contribution in [2.45, 2.75) is 32.6 Å². The number of nitrogens with one attached hydrogen (secondary N) is 2. The lowest BCUT2D eigenvalue weighted by molar-refractivity contribution is -0.124. The summed E-state index contributed by atoms with van der Waals surface area (Å²) in [7, 11) is 0. The molecule has 2 N–H and O–H groups in total. The van der Waals surface area contributed by atoms with Crippen molar-refractivity contribution in [2.24, 2.45) is 5.10 Å². The molecule has 0 saturated carbocycles. The van der Waals surface area contributed by atoms with E-state index in [1.54, 1.807) is 6.07 Å². The number of hydrazone groups is 1. The number of amides is 2. The summed E-state index contributed by atoms with van der Waals surface area (Å²) in [6.07, 6.45) is 3.47. The van der Waals surface area contributed by atoms with E-state index in [4.69, 9.17) is 4.74 Å². The van der Waals surface area contributed by atoms with Crippen molar-refractivity contribution in [3.8, 4) is 5.75 Å². The molecule has 2 amide bonds. The Morgan fingerprint density at radius 3 is 2.50 bits per heavy atom. The van der Waals surface area contributed by atoms with Gasteiger partial charge in [0, 0.05) is 12.8 Å². The number of para-hydroxylation sites is 1. The lowest BCUT2D eigenvalue weighted by Gasteiger charge is -2.06. The minimum Gasteiger partial charge on any atom is -0.494 e. The number of carbonyl (C=O) groups excluding carboxylic acids is 2. The van der Waals surface area contributed by atoms with Crippen molar-refractivity contribution in [2.75, 3.05) is 11.9 Å². The van der Waals surface area contributed by atoms with Gasteiger partial charge < -0.3 is 10.1 Å². The highest BCUT2D eigenvalue weighted by atomic mass is 19.1. The monoisotopic (exact) mass is 385 g/mol. The number of benzene rings is 2. The van der Waals surface area contributed by atoms with Crippen molar-refractivity contribution in [1.29, 1.82) is 0 Å². The first-order valence-corrected chi connectivity index (χ1v) is 9.17. The number of rotatable bonds is 10. The Hall–Kier alpha value is -3.22. The van der Waals surface area contributed by atoms with Crippen molar-refractivity contribution in [1.82, 2.24) is 5.43 Å². The molecule has 0 atom stereocenters. The molecular formula is C21H24FN3O3. The van der Waals surface area contributed by atoms with E-state index >= 15 is 0 Å². The van der Waals surface area contributed by atoms with Gasteiger partial charge in [-0.15, -0.1) is 0 Å². The quantitative estimate of drug-likeness (QED) is 0.370. The predicted octanol–water partition coefficient (Wildman–Crippen LogP) is 3.87. The van der Waals surface area contributed by atoms with Crippen molar-refractivity contribution in [3.05, 3.63) is 59.9 Å². The Labute approximate surface area is 163 Å². The number of nitrogens with zero attached hydrogens (tertiary/aromatic N) is 1. The van der Waals surface area contributed by atoms with Crippen LogP contribution in [0, 0.1) is 5.82 Å². The zero-order valence-electron chi connectivity index (χ0n) is 15.8. The summed E-state index contributed by atoms with van der Waals surface area (Å²) < 4.78 is 19.0. The van der Waals surface area contributed by atoms with Crippen molar-refractivity contribution >= 4 is 23.7 Å². The molecule has 6 nitrogen and oxygen atoms in total. The van der Waals surface area contributed by atoms with E-state index in [-0.39, 0.29) is 18.5 Å². The average molecular weight is 385 g/mol. The number of halogens is 1. The third-order valence-electron chi connectivity index (χ3n) is 3.78. The summed E-state index contributed by atoms with van der Waals surface area (Å²) in [6.45, 7) is 2.79. The molecular weight excluding hydrogens is 361 g/mol. The predicted molar refractivity (Wildman–Crippen MR) is 107 cm³/mol. The lowest BCUT2D eigenvalue weighted by atomic mass is 10.2. The van der Waals surface area contributed by atoms with Crippen molar-refractivity contribution in [3.63, 3.8) is 0 Å². The summed E-state index contributed by atoms with van der Waals surface area (Å²) in [4.78, 5) is 23.5. The summed E-state index contributed by atoms with van der Waals surface area (Å²) in [6, 6.07) is 13.2. The molecule has 0 aliphatic rings. The Bertz CT molecular complexity index is 807. The highest BCUT2D eigenvalue weighted by molar-refractivity contribution is 5.93. The average Bonchev–Trinajstić information content (AvgIpc) is 2.69. The molecule has 0 aliphatic carbocycles. The second-order valence-corrected chi connectivity index (χ2v) is 6.09. The van der Waals surface area contributed by atoms with E-state index in [2.05, 4.69) is 22.8 Å². The molecule has 148 valence electrons. The fourth-order valence-corrected chi connectivity index (χ4v) is 2.22. The van der Waals surface area contributed by atoms with Crippen LogP contribution in [0.1, 0.15) is 38.2 Å². The summed E-state index contributed by atoms with van der Waals surface area (Å²) in [5, 5.41) is 6.29. The first kappa shape index (κ1) is 21.1. The molecule has 0 saturated heterocycles. The molecule has 0 radical (unpaired) electrons. The van der Waals surface area contributed by atoms with Gasteiger partial charge in [-0.25, -0.2) is 9.82 Å². The maximum Gasteiger partial charge on any atom is 0.240 e. The standard InChI is InChI=1S/C21H24FN3O3/c1-2-3-14-28-17-10-8-16(9-11-17)15-23-25-21(27)13-12-20(26)24-19-7-5-4-6-18(19)22/h4-11,15H,2-3,12-14H2,1H3,(H,24,26)(H,25,27). The molecule has 0 aliphatic heterocycles. The zero-order valence-corrected chi connectivity index (χ0v) is 15.8. The van der Waals surface area contributed by atoms with E-state index in [0.29, 0.717) is 6.61 Å². The number of hydrogen-bond acceptors (Lipinski definition) is 4. The Kier molecular flexibility index (Phi) is 8.65. The van der Waals surface area contributed by atoms with Crippen LogP contribution in [0.4, 0.5) is 10.1 Å². The van der Waals surface area contributed by atoms with E-state index in [9.17, 15) is 14.0 Å². The van der Waals surface area contributed by atoms with Gasteiger partial charge in [-0.1, -0.05) is 25.5 Å². The van der Waals surface area contributed by atoms with Gasteiger partial charge >= 0.3 is 0 Å². The fourth-order valence-electron chi connectivity index (χ4n) is 2.22. The van der Waals surface area contributed by atoms with Gasteiger partial charge in [0.2, 0.25) is 11.8 Å². The highest BCUT2D eigenvalue weighted by Gasteiger charge is 2.08. The molecule has 0 fully saturated rings. The Balaban J connectivity index is 1.70. The molecule has 0 heterocycles. The van der Waals surface area contributed by atoms with E-state index in [1.165, 1.54) is 24.4 Å². The van der Waals surface area contributed by atoms with Gasteiger partial charge in [0.1, 0.15) is 11.6 Å². The normalized spacial score (nSPS) is 10.6. The number of hydrogen-bond donors (Lipinski definition) is 2. The van der Waals surface area contributed by atoms with E-state index in [0.717, 1.165) is 24.2 Å². The van der Waals surface area contributed by atoms with Gasteiger partial charge in [0.25, 0.3) is 0 Å². The van der Waals surface area contributed by atoms with Crippen LogP contribution >= 0.6 is 0 Å². The van der Waals surface area contributed by atoms with Gasteiger partial charge in [0.15, 0.2) is 0 Å². The maximum atomic E-state index is 13.5. The third kappa shape index (κ3) is 7.57. The molecule has 0 spiro atoms. The Morgan fingerprint density at radius 1 is 1.07 bits per heavy atom. The van der Waals surface area contributed by atoms with Crippen LogP contribution in [0.15, 0.2) is 53.6 Å². The van der Waals surface area contributed by atoms with Crippen LogP contribution in [0.25, 0.3) is 0 Å². The number of unbranched alkanes of at least 4 members (excludes halogenated alkanes) is 1. The van der Waals surface area contributed by atoms with Crippen LogP contribution in [-0.2, 0) is 9.59 Å². The molecule has 7 heteroatoms. The first-order chi connectivity index (χ1) is 13.6. The van der Waals surface area contributed by atoms with Gasteiger partial charge in [-0.2, -0.15) is 5.10 Å². The number of carbonyl (C=O) groups is 2. The largest absolute Gasteiger partial charge is 0.494 e. The lowest BCUT2D eigenvalue weighted by Crippen LogP contribution is -2.20. The van der Waals surface area contributed by atoms with Crippen LogP contribution in [0.2, 0.25) is 0 Å².